The lowest BCUT2D eigenvalue weighted by atomic mass is 10.3. The van der Waals surface area contributed by atoms with Gasteiger partial charge in [0, 0.05) is 12.5 Å². The van der Waals surface area contributed by atoms with Gasteiger partial charge in [-0.25, -0.2) is 0 Å². The molecule has 1 aliphatic carbocycles. The third-order valence-electron chi connectivity index (χ3n) is 2.28. The van der Waals surface area contributed by atoms with Gasteiger partial charge in [0.05, 0.1) is 6.54 Å². The van der Waals surface area contributed by atoms with Crippen molar-refractivity contribution in [2.75, 3.05) is 13.1 Å². The summed E-state index contributed by atoms with van der Waals surface area (Å²) in [5.41, 5.74) is 0. The summed E-state index contributed by atoms with van der Waals surface area (Å²) in [5, 5.41) is 8.37. The van der Waals surface area contributed by atoms with Crippen molar-refractivity contribution in [1.29, 1.82) is 0 Å². The van der Waals surface area contributed by atoms with Crippen LogP contribution in [0.1, 0.15) is 25.7 Å². The molecule has 0 heterocycles. The molecule has 1 fully saturated rings. The molecule has 0 spiro atoms. The Morgan fingerprint density at radius 2 is 2.00 bits per heavy atom. The van der Waals surface area contributed by atoms with E-state index in [9.17, 15) is 18.0 Å². The van der Waals surface area contributed by atoms with Crippen LogP contribution in [0.2, 0.25) is 0 Å². The quantitative estimate of drug-likeness (QED) is 0.750. The molecule has 0 unspecified atom stereocenters. The molecule has 6 heteroatoms. The fraction of sp³-hybridized carbons (Fsp3) is 0.889. The molecule has 0 aromatic rings. The Balaban J connectivity index is 2.28. The minimum atomic E-state index is -4.19. The van der Waals surface area contributed by atoms with E-state index in [0.29, 0.717) is 0 Å². The highest BCUT2D eigenvalue weighted by atomic mass is 19.4. The zero-order chi connectivity index (χ0) is 11.5. The maximum Gasteiger partial charge on any atom is 0.401 e. The van der Waals surface area contributed by atoms with E-state index < -0.39 is 18.7 Å². The standard InChI is InChI=1S/C9H14F3NO2/c10-9(11,12)6-13(7-3-4-7)5-1-2-8(14)15/h7H,1-6H2,(H,14,15). The van der Waals surface area contributed by atoms with Gasteiger partial charge in [-0.05, 0) is 25.8 Å². The Kier molecular flexibility index (Phi) is 3.96. The van der Waals surface area contributed by atoms with Crippen LogP contribution in [0.4, 0.5) is 13.2 Å². The minimum absolute atomic E-state index is 0.0143. The van der Waals surface area contributed by atoms with E-state index >= 15 is 0 Å². The van der Waals surface area contributed by atoms with E-state index in [1.807, 2.05) is 0 Å². The number of alkyl halides is 3. The molecule has 1 N–H and O–H groups in total. The smallest absolute Gasteiger partial charge is 0.401 e. The van der Waals surface area contributed by atoms with Crippen LogP contribution in [-0.4, -0.2) is 41.3 Å². The highest BCUT2D eigenvalue weighted by Crippen LogP contribution is 2.30. The number of carboxylic acid groups (broad SMARTS) is 1. The first-order valence-electron chi connectivity index (χ1n) is 4.91. The van der Waals surface area contributed by atoms with E-state index in [0.717, 1.165) is 12.8 Å². The number of hydrogen-bond donors (Lipinski definition) is 1. The zero-order valence-corrected chi connectivity index (χ0v) is 8.26. The Morgan fingerprint density at radius 3 is 2.40 bits per heavy atom. The van der Waals surface area contributed by atoms with Crippen LogP contribution in [0.3, 0.4) is 0 Å². The van der Waals surface area contributed by atoms with Crippen molar-refractivity contribution in [1.82, 2.24) is 4.90 Å². The average molecular weight is 225 g/mol. The van der Waals surface area contributed by atoms with Crippen molar-refractivity contribution in [2.24, 2.45) is 0 Å². The fourth-order valence-corrected chi connectivity index (χ4v) is 1.49. The number of nitrogens with zero attached hydrogens (tertiary/aromatic N) is 1. The predicted molar refractivity (Wildman–Crippen MR) is 47.5 cm³/mol. The summed E-state index contributed by atoms with van der Waals surface area (Å²) in [4.78, 5) is 11.5. The van der Waals surface area contributed by atoms with Crippen molar-refractivity contribution in [3.63, 3.8) is 0 Å². The lowest BCUT2D eigenvalue weighted by Crippen LogP contribution is -2.36. The van der Waals surface area contributed by atoms with E-state index in [-0.39, 0.29) is 25.4 Å². The molecule has 0 aromatic carbocycles. The second-order valence-electron chi connectivity index (χ2n) is 3.81. The number of rotatable bonds is 6. The van der Waals surface area contributed by atoms with Crippen LogP contribution in [0, 0.1) is 0 Å². The van der Waals surface area contributed by atoms with Crippen molar-refractivity contribution >= 4 is 5.97 Å². The van der Waals surface area contributed by atoms with Gasteiger partial charge in [0.2, 0.25) is 0 Å². The summed E-state index contributed by atoms with van der Waals surface area (Å²) in [5.74, 6) is -0.960. The molecular formula is C9H14F3NO2. The van der Waals surface area contributed by atoms with Crippen LogP contribution >= 0.6 is 0 Å². The highest BCUT2D eigenvalue weighted by molar-refractivity contribution is 5.66. The Labute approximate surface area is 85.9 Å². The molecule has 88 valence electrons. The number of carbonyl (C=O) groups is 1. The zero-order valence-electron chi connectivity index (χ0n) is 8.26. The van der Waals surface area contributed by atoms with E-state index in [4.69, 9.17) is 5.11 Å². The van der Waals surface area contributed by atoms with Crippen LogP contribution in [0.25, 0.3) is 0 Å². The first-order valence-corrected chi connectivity index (χ1v) is 4.91. The van der Waals surface area contributed by atoms with Crippen molar-refractivity contribution in [2.45, 2.75) is 37.9 Å². The predicted octanol–water partition coefficient (Wildman–Crippen LogP) is 1.88. The normalized spacial score (nSPS) is 17.1. The van der Waals surface area contributed by atoms with Gasteiger partial charge >= 0.3 is 12.1 Å². The minimum Gasteiger partial charge on any atom is -0.481 e. The summed E-state index contributed by atoms with van der Waals surface area (Å²) in [7, 11) is 0. The third-order valence-corrected chi connectivity index (χ3v) is 2.28. The molecule has 1 saturated carbocycles. The van der Waals surface area contributed by atoms with Crippen LogP contribution in [-0.2, 0) is 4.79 Å². The molecule has 0 bridgehead atoms. The molecule has 1 rings (SSSR count). The SMILES string of the molecule is O=C(O)CCCN(CC(F)(F)F)C1CC1. The van der Waals surface area contributed by atoms with Gasteiger partial charge in [0.15, 0.2) is 0 Å². The topological polar surface area (TPSA) is 40.5 Å². The van der Waals surface area contributed by atoms with Gasteiger partial charge in [-0.2, -0.15) is 13.2 Å². The lowest BCUT2D eigenvalue weighted by Gasteiger charge is -2.22. The van der Waals surface area contributed by atoms with Crippen LogP contribution in [0.5, 0.6) is 0 Å². The molecule has 0 aliphatic heterocycles. The number of halogens is 3. The second-order valence-corrected chi connectivity index (χ2v) is 3.81. The number of aliphatic carboxylic acids is 1. The van der Waals surface area contributed by atoms with Crippen LogP contribution < -0.4 is 0 Å². The number of hydrogen-bond acceptors (Lipinski definition) is 2. The van der Waals surface area contributed by atoms with Crippen molar-refractivity contribution in [3.05, 3.63) is 0 Å². The summed E-state index contributed by atoms with van der Waals surface area (Å²) in [6.07, 6.45) is -2.39. The van der Waals surface area contributed by atoms with Crippen molar-refractivity contribution < 1.29 is 23.1 Å². The Hall–Kier alpha value is -0.780. The summed E-state index contributed by atoms with van der Waals surface area (Å²) in [6.45, 7) is -0.701. The second kappa shape index (κ2) is 4.83. The summed E-state index contributed by atoms with van der Waals surface area (Å²) in [6, 6.07) is 0.0143. The van der Waals surface area contributed by atoms with Gasteiger partial charge in [-0.1, -0.05) is 0 Å². The van der Waals surface area contributed by atoms with Gasteiger partial charge in [-0.15, -0.1) is 0 Å². The average Bonchev–Trinajstić information content (AvgIpc) is 2.81. The molecule has 0 amide bonds. The molecule has 1 aliphatic rings. The van der Waals surface area contributed by atoms with Gasteiger partial charge in [-0.3, -0.25) is 9.69 Å². The Morgan fingerprint density at radius 1 is 1.40 bits per heavy atom. The number of carboxylic acids is 1. The first-order chi connectivity index (χ1) is 6.88. The van der Waals surface area contributed by atoms with Gasteiger partial charge in [0.25, 0.3) is 0 Å². The third kappa shape index (κ3) is 5.61. The van der Waals surface area contributed by atoms with E-state index in [1.165, 1.54) is 4.90 Å². The van der Waals surface area contributed by atoms with Crippen LogP contribution in [0.15, 0.2) is 0 Å². The maximum atomic E-state index is 12.1. The molecule has 0 aromatic heterocycles. The van der Waals surface area contributed by atoms with E-state index in [2.05, 4.69) is 0 Å². The summed E-state index contributed by atoms with van der Waals surface area (Å²) < 4.78 is 36.4. The monoisotopic (exact) mass is 225 g/mol. The highest BCUT2D eigenvalue weighted by Gasteiger charge is 2.37. The summed E-state index contributed by atoms with van der Waals surface area (Å²) >= 11 is 0. The molecule has 0 saturated heterocycles. The van der Waals surface area contributed by atoms with Gasteiger partial charge in [0.1, 0.15) is 0 Å². The lowest BCUT2D eigenvalue weighted by molar-refractivity contribution is -0.147. The molecule has 15 heavy (non-hydrogen) atoms. The maximum absolute atomic E-state index is 12.1. The van der Waals surface area contributed by atoms with Crippen molar-refractivity contribution in [3.8, 4) is 0 Å². The largest absolute Gasteiger partial charge is 0.481 e. The Bertz CT molecular complexity index is 226. The first kappa shape index (κ1) is 12.3. The van der Waals surface area contributed by atoms with E-state index in [1.54, 1.807) is 0 Å². The molecule has 0 atom stereocenters. The molecule has 3 nitrogen and oxygen atoms in total. The molecular weight excluding hydrogens is 211 g/mol. The fourth-order valence-electron chi connectivity index (χ4n) is 1.49. The van der Waals surface area contributed by atoms with Gasteiger partial charge < -0.3 is 5.11 Å². The molecule has 0 radical (unpaired) electrons.